The number of ether oxygens (including phenoxy) is 1. The molecule has 1 aliphatic heterocycles. The molecule has 0 fully saturated rings. The summed E-state index contributed by atoms with van der Waals surface area (Å²) in [6, 6.07) is 11.7. The Morgan fingerprint density at radius 3 is 2.40 bits per heavy atom. The van der Waals surface area contributed by atoms with Crippen LogP contribution in [0.2, 0.25) is 20.1 Å². The summed E-state index contributed by atoms with van der Waals surface area (Å²) in [4.78, 5) is 26.5. The largest absolute Gasteiger partial charge is 0.463 e. The average molecular weight is 567 g/mol. The molecule has 4 rings (SSSR count). The fraction of sp³-hybridized carbons (Fsp3) is 0.125. The van der Waals surface area contributed by atoms with E-state index < -0.39 is 17.4 Å². The lowest BCUT2D eigenvalue weighted by Gasteiger charge is -2.25. The molecule has 1 atom stereocenters. The van der Waals surface area contributed by atoms with Crippen LogP contribution in [0, 0.1) is 11.3 Å². The number of carbonyl (C=O) groups excluding carboxylic acids is 1. The van der Waals surface area contributed by atoms with E-state index in [0.717, 1.165) is 15.9 Å². The first kappa shape index (κ1) is 25.4. The Balaban J connectivity index is 2.09. The first-order valence-corrected chi connectivity index (χ1v) is 12.5. The van der Waals surface area contributed by atoms with Crippen molar-refractivity contribution in [2.45, 2.75) is 12.8 Å². The molecule has 0 radical (unpaired) electrons. The first-order valence-electron chi connectivity index (χ1n) is 10.1. The van der Waals surface area contributed by atoms with Gasteiger partial charge in [0.05, 0.1) is 54.4 Å². The molecule has 0 saturated carbocycles. The summed E-state index contributed by atoms with van der Waals surface area (Å²) in [7, 11) is 0. The molecule has 1 aliphatic rings. The molecule has 11 heteroatoms. The number of esters is 1. The van der Waals surface area contributed by atoms with Crippen molar-refractivity contribution >= 4 is 81.2 Å². The van der Waals surface area contributed by atoms with Crippen LogP contribution in [0.25, 0.3) is 17.5 Å². The lowest BCUT2D eigenvalue weighted by Crippen LogP contribution is -2.40. The molecule has 0 bridgehead atoms. The number of allylic oxidation sites excluding steroid dienone is 1. The van der Waals surface area contributed by atoms with Crippen molar-refractivity contribution in [2.75, 3.05) is 6.61 Å². The number of nitrogens with zero attached hydrogens (tertiary/aromatic N) is 2. The highest BCUT2D eigenvalue weighted by atomic mass is 35.5. The fourth-order valence-electron chi connectivity index (χ4n) is 3.73. The molecule has 0 unspecified atom stereocenters. The number of aromatic nitrogens is 1. The van der Waals surface area contributed by atoms with Gasteiger partial charge in [-0.1, -0.05) is 58.5 Å². The van der Waals surface area contributed by atoms with Gasteiger partial charge in [-0.2, -0.15) is 5.26 Å². The lowest BCUT2D eigenvalue weighted by atomic mass is 9.84. The fourth-order valence-corrected chi connectivity index (χ4v) is 5.51. The molecule has 0 amide bonds. The highest BCUT2D eigenvalue weighted by molar-refractivity contribution is 7.07. The van der Waals surface area contributed by atoms with Gasteiger partial charge in [0.15, 0.2) is 0 Å². The summed E-state index contributed by atoms with van der Waals surface area (Å²) in [5.74, 6) is -1.67. The molecule has 1 aromatic heterocycles. The second-order valence-corrected chi connectivity index (χ2v) is 10.0. The third-order valence-corrected chi connectivity index (χ3v) is 7.87. The van der Waals surface area contributed by atoms with Gasteiger partial charge < -0.3 is 10.5 Å². The SMILES string of the molecule is CCOC(=O)C1=c2s/c(=C/c3ccc(Cl)c(Cl)c3)c(=O)n2C(N)=C(C#N)[C@H]1c1ccc(Cl)c(Cl)c1. The molecule has 178 valence electrons. The lowest BCUT2D eigenvalue weighted by molar-refractivity contribution is -0.136. The Bertz CT molecular complexity index is 1630. The minimum atomic E-state index is -0.912. The molecule has 3 aromatic rings. The number of fused-ring (bicyclic) bond motifs is 1. The van der Waals surface area contributed by atoms with E-state index in [-0.39, 0.29) is 37.8 Å². The van der Waals surface area contributed by atoms with Crippen molar-refractivity contribution in [1.29, 1.82) is 5.26 Å². The quantitative estimate of drug-likeness (QED) is 0.468. The van der Waals surface area contributed by atoms with Gasteiger partial charge in [0.25, 0.3) is 5.56 Å². The predicted octanol–water partition coefficient (Wildman–Crippen LogP) is 4.51. The van der Waals surface area contributed by atoms with Crippen LogP contribution in [0.1, 0.15) is 24.0 Å². The number of hydrogen-bond donors (Lipinski definition) is 1. The van der Waals surface area contributed by atoms with Crippen LogP contribution < -0.4 is 20.5 Å². The number of nitrogens with two attached hydrogens (primary N) is 1. The van der Waals surface area contributed by atoms with E-state index in [1.165, 1.54) is 0 Å². The van der Waals surface area contributed by atoms with Crippen molar-refractivity contribution in [1.82, 2.24) is 4.57 Å². The Labute approximate surface area is 223 Å². The minimum absolute atomic E-state index is 0.0138. The standard InChI is InChI=1S/C24H15Cl4N3O3S/c1-2-34-24(33)20-19(12-4-6-15(26)17(28)9-12)13(10-29)21(30)31-22(32)18(35-23(20)31)8-11-3-5-14(25)16(27)7-11/h3-9,19H,2,30H2,1H3/b18-8+/t19-/m1/s1. The monoisotopic (exact) mass is 565 g/mol. The average Bonchev–Trinajstić information content (AvgIpc) is 3.14. The smallest absolute Gasteiger partial charge is 0.338 e. The summed E-state index contributed by atoms with van der Waals surface area (Å²) in [5.41, 5.74) is 7.09. The summed E-state index contributed by atoms with van der Waals surface area (Å²) in [6.07, 6.45) is 1.61. The van der Waals surface area contributed by atoms with Crippen LogP contribution in [0.4, 0.5) is 0 Å². The van der Waals surface area contributed by atoms with Gasteiger partial charge in [-0.15, -0.1) is 11.3 Å². The van der Waals surface area contributed by atoms with Gasteiger partial charge in [-0.3, -0.25) is 9.36 Å². The summed E-state index contributed by atoms with van der Waals surface area (Å²) in [5, 5.41) is 11.3. The van der Waals surface area contributed by atoms with Crippen molar-refractivity contribution in [3.63, 3.8) is 0 Å². The summed E-state index contributed by atoms with van der Waals surface area (Å²) >= 11 is 25.5. The third kappa shape index (κ3) is 4.61. The third-order valence-electron chi connectivity index (χ3n) is 5.28. The van der Waals surface area contributed by atoms with Gasteiger partial charge in [-0.05, 0) is 48.4 Å². The minimum Gasteiger partial charge on any atom is -0.463 e. The number of carbonyl (C=O) groups is 1. The highest BCUT2D eigenvalue weighted by Gasteiger charge is 2.36. The number of nitriles is 1. The highest BCUT2D eigenvalue weighted by Crippen LogP contribution is 2.38. The molecule has 2 aromatic carbocycles. The van der Waals surface area contributed by atoms with Crippen molar-refractivity contribution in [3.8, 4) is 6.07 Å². The molecule has 35 heavy (non-hydrogen) atoms. The second-order valence-electron chi connectivity index (χ2n) is 7.38. The first-order chi connectivity index (χ1) is 16.7. The number of hydrogen-bond acceptors (Lipinski definition) is 6. The van der Waals surface area contributed by atoms with Crippen LogP contribution in [0.3, 0.4) is 0 Å². The molecule has 2 N–H and O–H groups in total. The Morgan fingerprint density at radius 2 is 1.80 bits per heavy atom. The number of thiazole rings is 1. The Morgan fingerprint density at radius 1 is 1.14 bits per heavy atom. The number of benzene rings is 2. The molecule has 2 heterocycles. The van der Waals surface area contributed by atoms with Gasteiger partial charge in [0.2, 0.25) is 0 Å². The zero-order chi connectivity index (χ0) is 25.4. The van der Waals surface area contributed by atoms with E-state index >= 15 is 0 Å². The molecule has 0 saturated heterocycles. The topological polar surface area (TPSA) is 98.1 Å². The number of halogens is 4. The van der Waals surface area contributed by atoms with Gasteiger partial charge in [-0.25, -0.2) is 4.79 Å². The molecule has 0 aliphatic carbocycles. The van der Waals surface area contributed by atoms with Crippen LogP contribution >= 0.6 is 57.7 Å². The van der Waals surface area contributed by atoms with Crippen LogP contribution in [-0.2, 0) is 9.53 Å². The zero-order valence-electron chi connectivity index (χ0n) is 17.9. The van der Waals surface area contributed by atoms with E-state index in [0.29, 0.717) is 26.2 Å². The molecule has 0 spiro atoms. The van der Waals surface area contributed by atoms with Gasteiger partial charge in [0, 0.05) is 0 Å². The maximum absolute atomic E-state index is 13.4. The van der Waals surface area contributed by atoms with E-state index in [1.54, 1.807) is 49.4 Å². The summed E-state index contributed by atoms with van der Waals surface area (Å²) in [6.45, 7) is 1.76. The van der Waals surface area contributed by atoms with Gasteiger partial charge in [0.1, 0.15) is 10.5 Å². The molecule has 6 nitrogen and oxygen atoms in total. The zero-order valence-corrected chi connectivity index (χ0v) is 21.8. The van der Waals surface area contributed by atoms with Crippen LogP contribution in [-0.4, -0.2) is 17.1 Å². The van der Waals surface area contributed by atoms with Crippen molar-refractivity contribution in [2.24, 2.45) is 5.73 Å². The molecular formula is C24H15Cl4N3O3S. The van der Waals surface area contributed by atoms with E-state index in [2.05, 4.69) is 6.07 Å². The second kappa shape index (κ2) is 10.1. The Hall–Kier alpha value is -2.73. The Kier molecular flexibility index (Phi) is 7.32. The van der Waals surface area contributed by atoms with Gasteiger partial charge >= 0.3 is 5.97 Å². The normalized spacial score (nSPS) is 15.7. The van der Waals surface area contributed by atoms with E-state index in [1.807, 2.05) is 0 Å². The van der Waals surface area contributed by atoms with Crippen molar-refractivity contribution < 1.29 is 9.53 Å². The number of rotatable bonds is 4. The maximum atomic E-state index is 13.4. The van der Waals surface area contributed by atoms with Crippen LogP contribution in [0.15, 0.2) is 46.8 Å². The van der Waals surface area contributed by atoms with Crippen LogP contribution in [0.5, 0.6) is 0 Å². The maximum Gasteiger partial charge on any atom is 0.338 e. The van der Waals surface area contributed by atoms with Crippen molar-refractivity contribution in [3.05, 3.63) is 92.7 Å². The predicted molar refractivity (Wildman–Crippen MR) is 140 cm³/mol. The van der Waals surface area contributed by atoms with E-state index in [9.17, 15) is 14.9 Å². The van der Waals surface area contributed by atoms with E-state index in [4.69, 9.17) is 56.9 Å². The summed E-state index contributed by atoms with van der Waals surface area (Å²) < 4.78 is 7.00. The molecular weight excluding hydrogens is 552 g/mol.